The summed E-state index contributed by atoms with van der Waals surface area (Å²) in [5.74, 6) is 0.258. The van der Waals surface area contributed by atoms with Crippen LogP contribution in [0.15, 0.2) is 47.5 Å². The molecule has 104 valence electrons. The molecule has 0 aliphatic carbocycles. The van der Waals surface area contributed by atoms with Crippen LogP contribution in [0.4, 0.5) is 5.69 Å². The van der Waals surface area contributed by atoms with E-state index in [2.05, 4.69) is 10.3 Å². The van der Waals surface area contributed by atoms with Crippen LogP contribution in [0.25, 0.3) is 0 Å². The fourth-order valence-corrected chi connectivity index (χ4v) is 2.15. The lowest BCUT2D eigenvalue weighted by Gasteiger charge is -2.09. The number of nitrogens with two attached hydrogens (primary N) is 1. The Bertz CT molecular complexity index is 627. The maximum atomic E-state index is 6.05. The van der Waals surface area contributed by atoms with Crippen LogP contribution >= 0.6 is 34.8 Å². The van der Waals surface area contributed by atoms with Crippen molar-refractivity contribution in [3.8, 4) is 0 Å². The van der Waals surface area contributed by atoms with Crippen LogP contribution in [0.5, 0.6) is 0 Å². The van der Waals surface area contributed by atoms with Crippen LogP contribution in [0.3, 0.4) is 0 Å². The fourth-order valence-electron chi connectivity index (χ4n) is 1.56. The molecule has 0 atom stereocenters. The molecule has 3 N–H and O–H groups in total. The van der Waals surface area contributed by atoms with E-state index < -0.39 is 0 Å². The Kier molecular flexibility index (Phi) is 5.12. The summed E-state index contributed by atoms with van der Waals surface area (Å²) in [5.41, 5.74) is 7.45. The average Bonchev–Trinajstić information content (AvgIpc) is 2.44. The third-order valence-corrected chi connectivity index (χ3v) is 3.58. The maximum absolute atomic E-state index is 6.05. The number of nitrogens with zero attached hydrogens (tertiary/aromatic N) is 1. The van der Waals surface area contributed by atoms with Crippen molar-refractivity contribution < 1.29 is 0 Å². The van der Waals surface area contributed by atoms with Gasteiger partial charge in [-0.3, -0.25) is 0 Å². The van der Waals surface area contributed by atoms with Gasteiger partial charge in [-0.25, -0.2) is 4.99 Å². The van der Waals surface area contributed by atoms with Crippen LogP contribution in [-0.4, -0.2) is 5.96 Å². The predicted molar refractivity (Wildman–Crippen MR) is 86.9 cm³/mol. The van der Waals surface area contributed by atoms with Gasteiger partial charge in [0, 0.05) is 0 Å². The van der Waals surface area contributed by atoms with E-state index in [-0.39, 0.29) is 5.96 Å². The Hall–Kier alpha value is -1.42. The van der Waals surface area contributed by atoms with Gasteiger partial charge >= 0.3 is 0 Å². The smallest absolute Gasteiger partial charge is 0.193 e. The number of hydrogen-bond acceptors (Lipinski definition) is 1. The highest BCUT2D eigenvalue weighted by molar-refractivity contribution is 6.44. The third-order valence-electron chi connectivity index (χ3n) is 2.55. The highest BCUT2D eigenvalue weighted by atomic mass is 35.5. The summed E-state index contributed by atoms with van der Waals surface area (Å²) >= 11 is 17.8. The Balaban J connectivity index is 2.08. The fraction of sp³-hybridized carbons (Fsp3) is 0.0714. The molecule has 0 fully saturated rings. The van der Waals surface area contributed by atoms with Crippen LogP contribution in [0, 0.1) is 0 Å². The summed E-state index contributed by atoms with van der Waals surface area (Å²) in [6.45, 7) is 0.485. The minimum Gasteiger partial charge on any atom is -0.370 e. The van der Waals surface area contributed by atoms with E-state index in [1.807, 2.05) is 30.3 Å². The summed E-state index contributed by atoms with van der Waals surface area (Å²) in [6, 6.07) is 13.0. The van der Waals surface area contributed by atoms with Crippen molar-refractivity contribution in [2.45, 2.75) is 6.54 Å². The number of halogens is 3. The molecule has 0 saturated carbocycles. The molecule has 6 heteroatoms. The Morgan fingerprint density at radius 2 is 1.65 bits per heavy atom. The lowest BCUT2D eigenvalue weighted by Crippen LogP contribution is -2.22. The van der Waals surface area contributed by atoms with Crippen molar-refractivity contribution >= 4 is 46.4 Å². The van der Waals surface area contributed by atoms with E-state index in [0.717, 1.165) is 5.56 Å². The van der Waals surface area contributed by atoms with E-state index in [0.29, 0.717) is 27.3 Å². The number of guanidine groups is 1. The molecule has 2 aromatic rings. The highest BCUT2D eigenvalue weighted by Gasteiger charge is 2.06. The summed E-state index contributed by atoms with van der Waals surface area (Å²) in [7, 11) is 0. The molecule has 2 rings (SSSR count). The van der Waals surface area contributed by atoms with Crippen molar-refractivity contribution in [1.82, 2.24) is 0 Å². The molecule has 0 aliphatic heterocycles. The van der Waals surface area contributed by atoms with Gasteiger partial charge in [0.2, 0.25) is 0 Å². The van der Waals surface area contributed by atoms with Crippen LogP contribution in [0.2, 0.25) is 15.1 Å². The summed E-state index contributed by atoms with van der Waals surface area (Å²) < 4.78 is 0. The van der Waals surface area contributed by atoms with E-state index in [9.17, 15) is 0 Å². The zero-order valence-corrected chi connectivity index (χ0v) is 12.7. The first kappa shape index (κ1) is 15.0. The van der Waals surface area contributed by atoms with Crippen LogP contribution in [-0.2, 0) is 6.54 Å². The van der Waals surface area contributed by atoms with Gasteiger partial charge in [-0.15, -0.1) is 0 Å². The first-order chi connectivity index (χ1) is 9.56. The predicted octanol–water partition coefficient (Wildman–Crippen LogP) is 4.57. The molecule has 0 aliphatic rings. The van der Waals surface area contributed by atoms with Crippen molar-refractivity contribution in [3.63, 3.8) is 0 Å². The zero-order chi connectivity index (χ0) is 14.5. The molecule has 3 nitrogen and oxygen atoms in total. The van der Waals surface area contributed by atoms with E-state index >= 15 is 0 Å². The Morgan fingerprint density at radius 3 is 2.35 bits per heavy atom. The molecular weight excluding hydrogens is 317 g/mol. The van der Waals surface area contributed by atoms with Crippen molar-refractivity contribution in [3.05, 3.63) is 63.1 Å². The molecule has 0 radical (unpaired) electrons. The number of rotatable bonds is 3. The highest BCUT2D eigenvalue weighted by Crippen LogP contribution is 2.32. The molecule has 0 bridgehead atoms. The van der Waals surface area contributed by atoms with E-state index in [1.54, 1.807) is 12.1 Å². The second-order valence-electron chi connectivity index (χ2n) is 4.06. The topological polar surface area (TPSA) is 50.4 Å². The molecule has 0 amide bonds. The molecule has 0 aromatic heterocycles. The third kappa shape index (κ3) is 4.04. The van der Waals surface area contributed by atoms with E-state index in [4.69, 9.17) is 40.5 Å². The van der Waals surface area contributed by atoms with Gasteiger partial charge in [-0.1, -0.05) is 65.1 Å². The number of nitrogens with one attached hydrogen (secondary N) is 1. The standard InChI is InChI=1S/C14H12Cl3N3/c15-10-6-12(17)13(7-11(10)16)20-14(18)19-8-9-4-2-1-3-5-9/h1-7H,8H2,(H3,18,19,20). The van der Waals surface area contributed by atoms with Gasteiger partial charge in [-0.05, 0) is 17.7 Å². The SMILES string of the molecule is NC(=NCc1ccccc1)Nc1cc(Cl)c(Cl)cc1Cl. The molecule has 20 heavy (non-hydrogen) atoms. The van der Waals surface area contributed by atoms with Gasteiger partial charge in [0.1, 0.15) is 0 Å². The van der Waals surface area contributed by atoms with Crippen LogP contribution < -0.4 is 11.1 Å². The number of benzene rings is 2. The number of aliphatic imine (C=N–C) groups is 1. The molecule has 0 saturated heterocycles. The summed E-state index contributed by atoms with van der Waals surface area (Å²) in [4.78, 5) is 4.23. The largest absolute Gasteiger partial charge is 0.370 e. The molecule has 2 aromatic carbocycles. The van der Waals surface area contributed by atoms with Crippen molar-refractivity contribution in [1.29, 1.82) is 0 Å². The Morgan fingerprint density at radius 1 is 1.00 bits per heavy atom. The monoisotopic (exact) mass is 327 g/mol. The van der Waals surface area contributed by atoms with Crippen molar-refractivity contribution in [2.24, 2.45) is 10.7 Å². The summed E-state index contributed by atoms with van der Waals surface area (Å²) in [5, 5.41) is 4.12. The van der Waals surface area contributed by atoms with Gasteiger partial charge < -0.3 is 11.1 Å². The molecule has 0 spiro atoms. The van der Waals surface area contributed by atoms with Crippen LogP contribution in [0.1, 0.15) is 5.56 Å². The number of anilines is 1. The van der Waals surface area contributed by atoms with Gasteiger partial charge in [0.05, 0.1) is 27.3 Å². The summed E-state index contributed by atoms with van der Waals surface area (Å²) in [6.07, 6.45) is 0. The first-order valence-electron chi connectivity index (χ1n) is 5.81. The number of hydrogen-bond donors (Lipinski definition) is 2. The first-order valence-corrected chi connectivity index (χ1v) is 6.95. The second kappa shape index (κ2) is 6.84. The molecule has 0 heterocycles. The van der Waals surface area contributed by atoms with Gasteiger partial charge in [0.15, 0.2) is 5.96 Å². The lowest BCUT2D eigenvalue weighted by molar-refractivity contribution is 1.06. The second-order valence-corrected chi connectivity index (χ2v) is 5.28. The van der Waals surface area contributed by atoms with E-state index in [1.165, 1.54) is 0 Å². The lowest BCUT2D eigenvalue weighted by atomic mass is 10.2. The molecular formula is C14H12Cl3N3. The average molecular weight is 329 g/mol. The minimum atomic E-state index is 0.258. The van der Waals surface area contributed by atoms with Gasteiger partial charge in [-0.2, -0.15) is 0 Å². The minimum absolute atomic E-state index is 0.258. The quantitative estimate of drug-likeness (QED) is 0.492. The van der Waals surface area contributed by atoms with Crippen molar-refractivity contribution in [2.75, 3.05) is 5.32 Å². The Labute approximate surface area is 132 Å². The zero-order valence-electron chi connectivity index (χ0n) is 10.4. The normalized spacial score (nSPS) is 11.4. The van der Waals surface area contributed by atoms with Gasteiger partial charge in [0.25, 0.3) is 0 Å². The maximum Gasteiger partial charge on any atom is 0.193 e. The molecule has 0 unspecified atom stereocenters.